The highest BCUT2D eigenvalue weighted by Gasteiger charge is 2.18. The van der Waals surface area contributed by atoms with E-state index in [1.54, 1.807) is 12.1 Å². The number of hydrogen-bond donors (Lipinski definition) is 2. The van der Waals surface area contributed by atoms with Crippen molar-refractivity contribution in [1.29, 1.82) is 0 Å². The number of phenols is 1. The van der Waals surface area contributed by atoms with Gasteiger partial charge < -0.3 is 14.8 Å². The molecular formula is C23H25NO5S. The molecule has 0 bridgehead atoms. The normalized spacial score (nSPS) is 11.5. The van der Waals surface area contributed by atoms with E-state index in [1.807, 2.05) is 13.8 Å². The van der Waals surface area contributed by atoms with Crippen LogP contribution in [0.5, 0.6) is 5.75 Å². The Kier molecular flexibility index (Phi) is 6.03. The molecule has 6 nitrogen and oxygen atoms in total. The monoisotopic (exact) mass is 427 g/mol. The molecule has 1 amide bonds. The molecular weight excluding hydrogens is 402 g/mol. The van der Waals surface area contributed by atoms with Gasteiger partial charge in [0.15, 0.2) is 15.6 Å². The fraction of sp³-hybridized carbons (Fsp3) is 0.261. The van der Waals surface area contributed by atoms with E-state index >= 15 is 0 Å². The number of benzene rings is 2. The number of furan rings is 1. The Hall–Kier alpha value is -3.06. The molecule has 30 heavy (non-hydrogen) atoms. The molecule has 0 aliphatic heterocycles. The lowest BCUT2D eigenvalue weighted by Crippen LogP contribution is -2.12. The van der Waals surface area contributed by atoms with Crippen molar-refractivity contribution in [2.45, 2.75) is 39.0 Å². The molecule has 1 aromatic heterocycles. The van der Waals surface area contributed by atoms with E-state index in [0.717, 1.165) is 16.7 Å². The molecule has 2 N–H and O–H groups in total. The lowest BCUT2D eigenvalue weighted by molar-refractivity contribution is 0.0994. The maximum absolute atomic E-state index is 12.6. The van der Waals surface area contributed by atoms with Crippen LogP contribution in [0.15, 0.2) is 51.8 Å². The molecule has 3 rings (SSSR count). The molecule has 0 spiro atoms. The number of aryl methyl sites for hydroxylation is 3. The molecule has 3 aromatic rings. The summed E-state index contributed by atoms with van der Waals surface area (Å²) in [6.07, 6.45) is 0.556. The van der Waals surface area contributed by atoms with E-state index in [2.05, 4.69) is 24.4 Å². The van der Waals surface area contributed by atoms with Gasteiger partial charge in [-0.15, -0.1) is 0 Å². The Bertz CT molecular complexity index is 1190. The summed E-state index contributed by atoms with van der Waals surface area (Å²) in [4.78, 5) is 12.6. The van der Waals surface area contributed by atoms with Crippen LogP contribution in [0.2, 0.25) is 0 Å². The number of carbonyl (C=O) groups is 1. The summed E-state index contributed by atoms with van der Waals surface area (Å²) in [5.41, 5.74) is 4.68. The second-order valence-electron chi connectivity index (χ2n) is 7.36. The molecule has 158 valence electrons. The van der Waals surface area contributed by atoms with Gasteiger partial charge in [0.25, 0.3) is 5.91 Å². The highest BCUT2D eigenvalue weighted by atomic mass is 32.2. The zero-order chi connectivity index (χ0) is 22.1. The minimum Gasteiger partial charge on any atom is -0.506 e. The van der Waals surface area contributed by atoms with Crippen LogP contribution in [0.1, 0.15) is 45.5 Å². The highest BCUT2D eigenvalue weighted by molar-refractivity contribution is 7.91. The standard InChI is InChI=1S/C23H25NO5S/c1-5-30(27,28)18-7-8-21(25)20(13-18)24-23(26)22-9-6-17(29-22)12-19-15(3)10-14(2)11-16(19)4/h6-11,13,25H,5,12H2,1-4H3,(H,24,26). The van der Waals surface area contributed by atoms with E-state index in [-0.39, 0.29) is 27.8 Å². The number of anilines is 1. The SMILES string of the molecule is CCS(=O)(=O)c1ccc(O)c(NC(=O)c2ccc(Cc3c(C)cc(C)cc3C)o2)c1. The predicted molar refractivity (Wildman–Crippen MR) is 116 cm³/mol. The number of sulfone groups is 1. The van der Waals surface area contributed by atoms with Crippen molar-refractivity contribution in [2.24, 2.45) is 0 Å². The van der Waals surface area contributed by atoms with Crippen LogP contribution in [0.4, 0.5) is 5.69 Å². The van der Waals surface area contributed by atoms with Crippen molar-refractivity contribution in [3.63, 3.8) is 0 Å². The summed E-state index contributed by atoms with van der Waals surface area (Å²) in [5.74, 6) is -0.154. The van der Waals surface area contributed by atoms with Crippen LogP contribution in [-0.2, 0) is 16.3 Å². The summed E-state index contributed by atoms with van der Waals surface area (Å²) < 4.78 is 29.8. The number of rotatable bonds is 6. The van der Waals surface area contributed by atoms with Gasteiger partial charge in [-0.2, -0.15) is 0 Å². The van der Waals surface area contributed by atoms with Crippen molar-refractivity contribution < 1.29 is 22.7 Å². The molecule has 0 aliphatic carbocycles. The Morgan fingerprint density at radius 2 is 1.70 bits per heavy atom. The highest BCUT2D eigenvalue weighted by Crippen LogP contribution is 2.28. The zero-order valence-corrected chi connectivity index (χ0v) is 18.3. The Morgan fingerprint density at radius 3 is 2.33 bits per heavy atom. The van der Waals surface area contributed by atoms with E-state index in [1.165, 1.54) is 30.7 Å². The van der Waals surface area contributed by atoms with Gasteiger partial charge >= 0.3 is 0 Å². The molecule has 0 atom stereocenters. The van der Waals surface area contributed by atoms with Gasteiger partial charge in [-0.3, -0.25) is 4.79 Å². The van der Waals surface area contributed by atoms with E-state index in [0.29, 0.717) is 12.2 Å². The van der Waals surface area contributed by atoms with Crippen molar-refractivity contribution in [1.82, 2.24) is 0 Å². The van der Waals surface area contributed by atoms with E-state index in [4.69, 9.17) is 4.42 Å². The van der Waals surface area contributed by atoms with Crippen LogP contribution in [0.3, 0.4) is 0 Å². The van der Waals surface area contributed by atoms with Crippen LogP contribution in [-0.4, -0.2) is 25.2 Å². The fourth-order valence-electron chi connectivity index (χ4n) is 3.42. The summed E-state index contributed by atoms with van der Waals surface area (Å²) in [6.45, 7) is 7.68. The number of carbonyl (C=O) groups excluding carboxylic acids is 1. The molecule has 0 unspecified atom stereocenters. The van der Waals surface area contributed by atoms with E-state index in [9.17, 15) is 18.3 Å². The number of aromatic hydroxyl groups is 1. The second kappa shape index (κ2) is 8.36. The van der Waals surface area contributed by atoms with Crippen LogP contribution in [0.25, 0.3) is 0 Å². The van der Waals surface area contributed by atoms with Gasteiger partial charge in [0, 0.05) is 6.42 Å². The van der Waals surface area contributed by atoms with Crippen molar-refractivity contribution >= 4 is 21.4 Å². The van der Waals surface area contributed by atoms with Crippen molar-refractivity contribution in [3.05, 3.63) is 76.2 Å². The van der Waals surface area contributed by atoms with Crippen LogP contribution in [0, 0.1) is 20.8 Å². The zero-order valence-electron chi connectivity index (χ0n) is 17.4. The minimum atomic E-state index is -3.47. The number of amides is 1. The van der Waals surface area contributed by atoms with Crippen molar-refractivity contribution in [3.8, 4) is 5.75 Å². The molecule has 0 aliphatic rings. The minimum absolute atomic E-state index is 0.0118. The first-order chi connectivity index (χ1) is 14.1. The summed E-state index contributed by atoms with van der Waals surface area (Å²) >= 11 is 0. The Balaban J connectivity index is 1.80. The third-order valence-electron chi connectivity index (χ3n) is 5.03. The first kappa shape index (κ1) is 21.6. The number of hydrogen-bond acceptors (Lipinski definition) is 5. The Labute approximate surface area is 176 Å². The molecule has 0 fully saturated rings. The van der Waals surface area contributed by atoms with Gasteiger partial charge in [-0.25, -0.2) is 8.42 Å². The third-order valence-corrected chi connectivity index (χ3v) is 6.76. The lowest BCUT2D eigenvalue weighted by Gasteiger charge is -2.10. The number of nitrogens with one attached hydrogen (secondary N) is 1. The quantitative estimate of drug-likeness (QED) is 0.563. The molecule has 0 saturated carbocycles. The summed E-state index contributed by atoms with van der Waals surface area (Å²) in [7, 11) is -3.47. The molecule has 0 saturated heterocycles. The first-order valence-corrected chi connectivity index (χ1v) is 11.3. The molecule has 2 aromatic carbocycles. The second-order valence-corrected chi connectivity index (χ2v) is 9.63. The summed E-state index contributed by atoms with van der Waals surface area (Å²) in [6, 6.07) is 11.3. The molecule has 1 heterocycles. The average Bonchev–Trinajstić information content (AvgIpc) is 3.15. The third kappa shape index (κ3) is 4.57. The van der Waals surface area contributed by atoms with Gasteiger partial charge in [0.2, 0.25) is 0 Å². The average molecular weight is 428 g/mol. The fourth-order valence-corrected chi connectivity index (χ4v) is 4.32. The lowest BCUT2D eigenvalue weighted by atomic mass is 9.97. The topological polar surface area (TPSA) is 96.6 Å². The molecule has 0 radical (unpaired) electrons. The van der Waals surface area contributed by atoms with Gasteiger partial charge in [-0.05, 0) is 67.8 Å². The largest absolute Gasteiger partial charge is 0.506 e. The molecule has 7 heteroatoms. The van der Waals surface area contributed by atoms with Gasteiger partial charge in [0.05, 0.1) is 16.3 Å². The maximum atomic E-state index is 12.6. The number of phenolic OH excluding ortho intramolecular Hbond substituents is 1. The first-order valence-electron chi connectivity index (χ1n) is 9.63. The van der Waals surface area contributed by atoms with Crippen molar-refractivity contribution in [2.75, 3.05) is 11.1 Å². The van der Waals surface area contributed by atoms with Crippen LogP contribution >= 0.6 is 0 Å². The maximum Gasteiger partial charge on any atom is 0.291 e. The van der Waals surface area contributed by atoms with Crippen LogP contribution < -0.4 is 5.32 Å². The Morgan fingerprint density at radius 1 is 1.03 bits per heavy atom. The van der Waals surface area contributed by atoms with Gasteiger partial charge in [0.1, 0.15) is 11.5 Å². The predicted octanol–water partition coefficient (Wildman–Crippen LogP) is 4.55. The van der Waals surface area contributed by atoms with Gasteiger partial charge in [-0.1, -0.05) is 24.6 Å². The summed E-state index contributed by atoms with van der Waals surface area (Å²) in [5, 5.41) is 12.5. The van der Waals surface area contributed by atoms with E-state index < -0.39 is 15.7 Å². The smallest absolute Gasteiger partial charge is 0.291 e.